The Labute approximate surface area is 215 Å². The van der Waals surface area contributed by atoms with E-state index in [0.717, 1.165) is 36.5 Å². The average molecular weight is 496 g/mol. The lowest BCUT2D eigenvalue weighted by atomic mass is 10.0. The number of amides is 1. The Morgan fingerprint density at radius 3 is 2.68 bits per heavy atom. The molecule has 2 N–H and O–H groups in total. The van der Waals surface area contributed by atoms with Crippen LogP contribution in [0.25, 0.3) is 16.9 Å². The number of nitrogens with zero attached hydrogens (tertiary/aromatic N) is 5. The number of aromatic nitrogens is 4. The smallest absolute Gasteiger partial charge is 0.247 e. The fourth-order valence-corrected chi connectivity index (χ4v) is 4.20. The van der Waals surface area contributed by atoms with Crippen LogP contribution in [0.1, 0.15) is 17.7 Å². The van der Waals surface area contributed by atoms with Crippen LogP contribution in [0.4, 0.5) is 17.3 Å². The SMILES string of the molecule is C=CC(=O)Nc1cc(Nc2nccc(-n3cc(CN4CCC4)c(C)n3)n2)c(OC)cc1-c1ccccc1. The number of carbonyl (C=O) groups excluding carboxylic acids is 1. The number of anilines is 3. The van der Waals surface area contributed by atoms with Crippen molar-refractivity contribution in [3.63, 3.8) is 0 Å². The second-order valence-corrected chi connectivity index (χ2v) is 8.83. The lowest BCUT2D eigenvalue weighted by molar-refractivity contribution is -0.111. The van der Waals surface area contributed by atoms with Gasteiger partial charge in [0.15, 0.2) is 5.82 Å². The highest BCUT2D eigenvalue weighted by atomic mass is 16.5. The molecule has 0 radical (unpaired) electrons. The minimum atomic E-state index is -0.311. The molecule has 1 fully saturated rings. The first-order chi connectivity index (χ1) is 18.0. The minimum Gasteiger partial charge on any atom is -0.495 e. The van der Waals surface area contributed by atoms with Crippen LogP contribution >= 0.6 is 0 Å². The molecule has 9 heteroatoms. The summed E-state index contributed by atoms with van der Waals surface area (Å²) in [6.45, 7) is 8.75. The van der Waals surface area contributed by atoms with Crippen LogP contribution in [-0.4, -0.2) is 50.8 Å². The Morgan fingerprint density at radius 1 is 1.16 bits per heavy atom. The van der Waals surface area contributed by atoms with Gasteiger partial charge in [-0.25, -0.2) is 9.67 Å². The van der Waals surface area contributed by atoms with Crippen LogP contribution in [0.15, 0.2) is 73.6 Å². The van der Waals surface area contributed by atoms with Crippen molar-refractivity contribution >= 4 is 23.2 Å². The molecule has 37 heavy (non-hydrogen) atoms. The third-order valence-corrected chi connectivity index (χ3v) is 6.33. The van der Waals surface area contributed by atoms with Crippen molar-refractivity contribution in [3.8, 4) is 22.7 Å². The molecule has 2 aromatic heterocycles. The second-order valence-electron chi connectivity index (χ2n) is 8.83. The third-order valence-electron chi connectivity index (χ3n) is 6.33. The zero-order chi connectivity index (χ0) is 25.8. The van der Waals surface area contributed by atoms with Crippen LogP contribution < -0.4 is 15.4 Å². The number of benzene rings is 2. The maximum atomic E-state index is 12.2. The number of hydrogen-bond acceptors (Lipinski definition) is 7. The van der Waals surface area contributed by atoms with Gasteiger partial charge in [-0.1, -0.05) is 36.9 Å². The number of aryl methyl sites for hydroxylation is 1. The predicted molar refractivity (Wildman–Crippen MR) is 144 cm³/mol. The molecule has 0 unspecified atom stereocenters. The highest BCUT2D eigenvalue weighted by molar-refractivity contribution is 6.02. The summed E-state index contributed by atoms with van der Waals surface area (Å²) in [6.07, 6.45) is 6.20. The Morgan fingerprint density at radius 2 is 1.97 bits per heavy atom. The molecule has 0 saturated carbocycles. The lowest BCUT2D eigenvalue weighted by Gasteiger charge is -2.30. The number of hydrogen-bond donors (Lipinski definition) is 2. The van der Waals surface area contributed by atoms with Gasteiger partial charge in [0.1, 0.15) is 5.75 Å². The zero-order valence-corrected chi connectivity index (χ0v) is 20.9. The van der Waals surface area contributed by atoms with E-state index in [0.29, 0.717) is 28.9 Å². The molecular weight excluding hydrogens is 466 g/mol. The van der Waals surface area contributed by atoms with Crippen molar-refractivity contribution in [1.82, 2.24) is 24.6 Å². The highest BCUT2D eigenvalue weighted by Crippen LogP contribution is 2.38. The maximum Gasteiger partial charge on any atom is 0.247 e. The minimum absolute atomic E-state index is 0.311. The molecule has 1 aliphatic rings. The van der Waals surface area contributed by atoms with Gasteiger partial charge >= 0.3 is 0 Å². The van der Waals surface area contributed by atoms with Gasteiger partial charge in [-0.2, -0.15) is 10.1 Å². The zero-order valence-electron chi connectivity index (χ0n) is 20.9. The van der Waals surface area contributed by atoms with Crippen LogP contribution in [0, 0.1) is 6.92 Å². The number of ether oxygens (including phenoxy) is 1. The van der Waals surface area contributed by atoms with E-state index in [9.17, 15) is 4.79 Å². The summed E-state index contributed by atoms with van der Waals surface area (Å²) < 4.78 is 7.46. The predicted octanol–water partition coefficient (Wildman–Crippen LogP) is 4.72. The Hall–Kier alpha value is -4.50. The molecule has 1 amide bonds. The first-order valence-corrected chi connectivity index (χ1v) is 12.1. The number of carbonyl (C=O) groups is 1. The van der Waals surface area contributed by atoms with Crippen LogP contribution in [0.5, 0.6) is 5.75 Å². The van der Waals surface area contributed by atoms with Crippen LogP contribution in [-0.2, 0) is 11.3 Å². The fourth-order valence-electron chi connectivity index (χ4n) is 4.20. The van der Waals surface area contributed by atoms with E-state index in [-0.39, 0.29) is 5.91 Å². The van der Waals surface area contributed by atoms with E-state index in [1.807, 2.05) is 61.7 Å². The highest BCUT2D eigenvalue weighted by Gasteiger charge is 2.18. The lowest BCUT2D eigenvalue weighted by Crippen LogP contribution is -2.36. The van der Waals surface area contributed by atoms with Crippen molar-refractivity contribution in [2.24, 2.45) is 0 Å². The van der Waals surface area contributed by atoms with Crippen molar-refractivity contribution in [2.75, 3.05) is 30.8 Å². The largest absolute Gasteiger partial charge is 0.495 e. The Bertz CT molecular complexity index is 1430. The molecule has 9 nitrogen and oxygen atoms in total. The summed E-state index contributed by atoms with van der Waals surface area (Å²) in [4.78, 5) is 23.7. The summed E-state index contributed by atoms with van der Waals surface area (Å²) in [5.41, 5.74) is 5.14. The van der Waals surface area contributed by atoms with Crippen molar-refractivity contribution in [3.05, 3.63) is 84.8 Å². The molecule has 5 rings (SSSR count). The molecule has 1 aliphatic heterocycles. The van der Waals surface area contributed by atoms with E-state index >= 15 is 0 Å². The quantitative estimate of drug-likeness (QED) is 0.324. The van der Waals surface area contributed by atoms with Gasteiger partial charge in [0.05, 0.1) is 24.2 Å². The van der Waals surface area contributed by atoms with E-state index in [1.165, 1.54) is 18.1 Å². The third kappa shape index (κ3) is 5.36. The summed E-state index contributed by atoms with van der Waals surface area (Å²) in [5, 5.41) is 10.8. The standard InChI is InChI=1S/C28H29N7O2/c1-4-27(36)30-23-16-24(25(37-3)15-22(23)20-9-6-5-7-10-20)31-28-29-12-11-26(32-28)35-18-21(19(2)33-35)17-34-13-8-14-34/h4-7,9-12,15-16,18H,1,8,13-14,17H2,2-3H3,(H,30,36)(H,29,31,32). The number of rotatable bonds is 9. The summed E-state index contributed by atoms with van der Waals surface area (Å²) in [5.74, 6) is 1.29. The Balaban J connectivity index is 1.46. The van der Waals surface area contributed by atoms with Gasteiger partial charge in [-0.3, -0.25) is 9.69 Å². The molecule has 0 spiro atoms. The molecule has 0 atom stereocenters. The van der Waals surface area contributed by atoms with Gasteiger partial charge in [-0.15, -0.1) is 0 Å². The molecule has 3 heterocycles. The van der Waals surface area contributed by atoms with Crippen molar-refractivity contribution in [2.45, 2.75) is 19.9 Å². The number of likely N-dealkylation sites (tertiary alicyclic amines) is 1. The normalized spacial score (nSPS) is 13.0. The van der Waals surface area contributed by atoms with Gasteiger partial charge in [0, 0.05) is 36.1 Å². The second kappa shape index (κ2) is 10.6. The molecule has 4 aromatic rings. The molecule has 2 aromatic carbocycles. The first-order valence-electron chi connectivity index (χ1n) is 12.1. The molecule has 188 valence electrons. The van der Waals surface area contributed by atoms with E-state index in [1.54, 1.807) is 18.0 Å². The van der Waals surface area contributed by atoms with Gasteiger partial charge < -0.3 is 15.4 Å². The molecule has 0 bridgehead atoms. The summed E-state index contributed by atoms with van der Waals surface area (Å²) in [6, 6.07) is 15.3. The summed E-state index contributed by atoms with van der Waals surface area (Å²) >= 11 is 0. The molecule has 1 saturated heterocycles. The molecular formula is C28H29N7O2. The van der Waals surface area contributed by atoms with Crippen LogP contribution in [0.2, 0.25) is 0 Å². The van der Waals surface area contributed by atoms with E-state index < -0.39 is 0 Å². The maximum absolute atomic E-state index is 12.2. The van der Waals surface area contributed by atoms with Gasteiger partial charge in [0.25, 0.3) is 0 Å². The average Bonchev–Trinajstić information content (AvgIpc) is 3.27. The number of nitrogens with one attached hydrogen (secondary N) is 2. The van der Waals surface area contributed by atoms with E-state index in [4.69, 9.17) is 4.74 Å². The Kier molecular flexibility index (Phi) is 6.96. The fraction of sp³-hybridized carbons (Fsp3) is 0.214. The monoisotopic (exact) mass is 495 g/mol. The number of methoxy groups -OCH3 is 1. The van der Waals surface area contributed by atoms with Gasteiger partial charge in [-0.05, 0) is 50.2 Å². The molecule has 0 aliphatic carbocycles. The summed E-state index contributed by atoms with van der Waals surface area (Å²) in [7, 11) is 1.60. The first kappa shape index (κ1) is 24.2. The van der Waals surface area contributed by atoms with Gasteiger partial charge in [0.2, 0.25) is 11.9 Å². The van der Waals surface area contributed by atoms with Crippen molar-refractivity contribution < 1.29 is 9.53 Å². The van der Waals surface area contributed by atoms with Crippen molar-refractivity contribution in [1.29, 1.82) is 0 Å². The van der Waals surface area contributed by atoms with E-state index in [2.05, 4.69) is 37.2 Å². The van der Waals surface area contributed by atoms with Crippen LogP contribution in [0.3, 0.4) is 0 Å². The topological polar surface area (TPSA) is 97.2 Å².